The molecule has 0 aliphatic carbocycles. The van der Waals surface area contributed by atoms with Crippen molar-refractivity contribution in [1.82, 2.24) is 9.55 Å². The standard InChI is InChI=1S/C23H15FN2/c24-17-12-10-16(11-13-17)21-14-23-20(15-25-21)19-8-4-5-9-22(19)26(23)18-6-2-1-3-7-18/h1-15H. The molecule has 0 unspecified atom stereocenters. The van der Waals surface area contributed by atoms with Crippen molar-refractivity contribution in [3.63, 3.8) is 0 Å². The van der Waals surface area contributed by atoms with Gasteiger partial charge in [0, 0.05) is 28.2 Å². The van der Waals surface area contributed by atoms with Gasteiger partial charge in [0.25, 0.3) is 0 Å². The normalized spacial score (nSPS) is 11.3. The number of benzene rings is 3. The number of hydrogen-bond acceptors (Lipinski definition) is 1. The minimum Gasteiger partial charge on any atom is -0.309 e. The van der Waals surface area contributed by atoms with Crippen LogP contribution < -0.4 is 0 Å². The molecule has 26 heavy (non-hydrogen) atoms. The lowest BCUT2D eigenvalue weighted by Crippen LogP contribution is -1.94. The third-order valence-electron chi connectivity index (χ3n) is 4.71. The fourth-order valence-corrected chi connectivity index (χ4v) is 3.50. The first-order chi connectivity index (χ1) is 12.8. The summed E-state index contributed by atoms with van der Waals surface area (Å²) < 4.78 is 15.5. The van der Waals surface area contributed by atoms with E-state index in [1.807, 2.05) is 30.5 Å². The predicted molar refractivity (Wildman–Crippen MR) is 104 cm³/mol. The molecule has 0 N–H and O–H groups in total. The fraction of sp³-hybridized carbons (Fsp3) is 0. The van der Waals surface area contributed by atoms with E-state index in [0.29, 0.717) is 0 Å². The van der Waals surface area contributed by atoms with Gasteiger partial charge in [-0.05, 0) is 48.5 Å². The van der Waals surface area contributed by atoms with E-state index < -0.39 is 0 Å². The van der Waals surface area contributed by atoms with Gasteiger partial charge in [0.1, 0.15) is 5.82 Å². The Morgan fingerprint density at radius 2 is 1.42 bits per heavy atom. The van der Waals surface area contributed by atoms with Gasteiger partial charge in [0.2, 0.25) is 0 Å². The van der Waals surface area contributed by atoms with Gasteiger partial charge in [-0.3, -0.25) is 4.98 Å². The summed E-state index contributed by atoms with van der Waals surface area (Å²) >= 11 is 0. The zero-order valence-corrected chi connectivity index (χ0v) is 13.9. The summed E-state index contributed by atoms with van der Waals surface area (Å²) in [6, 6.07) is 27.2. The maximum absolute atomic E-state index is 13.3. The molecule has 0 amide bonds. The van der Waals surface area contributed by atoms with E-state index in [2.05, 4.69) is 45.9 Å². The number of aromatic nitrogens is 2. The van der Waals surface area contributed by atoms with Crippen molar-refractivity contribution in [3.05, 3.63) is 96.9 Å². The number of nitrogens with zero attached hydrogens (tertiary/aromatic N) is 2. The monoisotopic (exact) mass is 338 g/mol. The summed E-state index contributed by atoms with van der Waals surface area (Å²) in [7, 11) is 0. The van der Waals surface area contributed by atoms with Crippen LogP contribution in [0.1, 0.15) is 0 Å². The van der Waals surface area contributed by atoms with E-state index in [9.17, 15) is 4.39 Å². The van der Waals surface area contributed by atoms with Crippen LogP contribution >= 0.6 is 0 Å². The van der Waals surface area contributed by atoms with Gasteiger partial charge in [-0.25, -0.2) is 4.39 Å². The number of rotatable bonds is 2. The lowest BCUT2D eigenvalue weighted by atomic mass is 10.1. The second kappa shape index (κ2) is 5.81. The highest BCUT2D eigenvalue weighted by molar-refractivity contribution is 6.09. The smallest absolute Gasteiger partial charge is 0.123 e. The molecule has 0 fully saturated rings. The van der Waals surface area contributed by atoms with Crippen LogP contribution in [-0.4, -0.2) is 9.55 Å². The van der Waals surface area contributed by atoms with Crippen molar-refractivity contribution >= 4 is 21.8 Å². The molecule has 2 nitrogen and oxygen atoms in total. The average Bonchev–Trinajstić information content (AvgIpc) is 3.03. The van der Waals surface area contributed by atoms with E-state index >= 15 is 0 Å². The molecule has 124 valence electrons. The van der Waals surface area contributed by atoms with Crippen LogP contribution in [-0.2, 0) is 0 Å². The molecule has 0 atom stereocenters. The molecule has 5 aromatic rings. The van der Waals surface area contributed by atoms with Crippen molar-refractivity contribution in [3.8, 4) is 16.9 Å². The number of para-hydroxylation sites is 2. The van der Waals surface area contributed by atoms with Crippen LogP contribution in [0.2, 0.25) is 0 Å². The van der Waals surface area contributed by atoms with E-state index in [1.165, 1.54) is 17.5 Å². The molecule has 0 radical (unpaired) electrons. The molecule has 0 aliphatic rings. The third kappa shape index (κ3) is 2.29. The summed E-state index contributed by atoms with van der Waals surface area (Å²) in [6.07, 6.45) is 1.91. The molecule has 3 aromatic carbocycles. The Labute approximate surface area is 150 Å². The van der Waals surface area contributed by atoms with Gasteiger partial charge < -0.3 is 4.57 Å². The highest BCUT2D eigenvalue weighted by Gasteiger charge is 2.13. The molecule has 0 saturated carbocycles. The molecular formula is C23H15FN2. The fourth-order valence-electron chi connectivity index (χ4n) is 3.50. The summed E-state index contributed by atoms with van der Waals surface area (Å²) in [5, 5.41) is 2.28. The number of hydrogen-bond donors (Lipinski definition) is 0. The quantitative estimate of drug-likeness (QED) is 0.387. The van der Waals surface area contributed by atoms with Crippen LogP contribution in [0.15, 0.2) is 91.1 Å². The largest absolute Gasteiger partial charge is 0.309 e. The molecule has 0 saturated heterocycles. The summed E-state index contributed by atoms with van der Waals surface area (Å²) in [5.74, 6) is -0.242. The van der Waals surface area contributed by atoms with Crippen LogP contribution in [0.5, 0.6) is 0 Å². The molecule has 2 aromatic heterocycles. The minimum absolute atomic E-state index is 0.242. The number of pyridine rings is 1. The SMILES string of the molecule is Fc1ccc(-c2cc3c(cn2)c2ccccc2n3-c2ccccc2)cc1. The van der Waals surface area contributed by atoms with Gasteiger partial charge >= 0.3 is 0 Å². The van der Waals surface area contributed by atoms with E-state index in [-0.39, 0.29) is 5.82 Å². The van der Waals surface area contributed by atoms with Gasteiger partial charge in [0.05, 0.1) is 16.7 Å². The van der Waals surface area contributed by atoms with Gasteiger partial charge in [-0.2, -0.15) is 0 Å². The maximum atomic E-state index is 13.3. The van der Waals surface area contributed by atoms with Gasteiger partial charge in [0.15, 0.2) is 0 Å². The Bertz CT molecular complexity index is 1220. The molecule has 0 spiro atoms. The Balaban J connectivity index is 1.85. The van der Waals surface area contributed by atoms with E-state index in [4.69, 9.17) is 0 Å². The van der Waals surface area contributed by atoms with Crippen molar-refractivity contribution in [2.45, 2.75) is 0 Å². The third-order valence-corrected chi connectivity index (χ3v) is 4.71. The molecule has 0 bridgehead atoms. The van der Waals surface area contributed by atoms with Crippen LogP contribution in [0.25, 0.3) is 38.8 Å². The summed E-state index contributed by atoms with van der Waals surface area (Å²) in [5.41, 5.74) is 5.07. The Kier molecular flexibility index (Phi) is 3.32. The predicted octanol–water partition coefficient (Wildman–Crippen LogP) is 5.98. The molecule has 3 heteroatoms. The van der Waals surface area contributed by atoms with Crippen LogP contribution in [0.4, 0.5) is 4.39 Å². The van der Waals surface area contributed by atoms with E-state index in [1.54, 1.807) is 12.1 Å². The maximum Gasteiger partial charge on any atom is 0.123 e. The second-order valence-corrected chi connectivity index (χ2v) is 6.28. The average molecular weight is 338 g/mol. The van der Waals surface area contributed by atoms with Crippen LogP contribution in [0, 0.1) is 5.82 Å². The molecule has 0 aliphatic heterocycles. The zero-order valence-electron chi connectivity index (χ0n) is 13.9. The Morgan fingerprint density at radius 3 is 2.23 bits per heavy atom. The molecule has 5 rings (SSSR count). The zero-order chi connectivity index (χ0) is 17.5. The van der Waals surface area contributed by atoms with Crippen molar-refractivity contribution in [1.29, 1.82) is 0 Å². The highest BCUT2D eigenvalue weighted by Crippen LogP contribution is 2.33. The topological polar surface area (TPSA) is 17.8 Å². The Hall–Kier alpha value is -3.46. The van der Waals surface area contributed by atoms with Gasteiger partial charge in [-0.15, -0.1) is 0 Å². The van der Waals surface area contributed by atoms with Crippen molar-refractivity contribution < 1.29 is 4.39 Å². The van der Waals surface area contributed by atoms with Crippen LogP contribution in [0.3, 0.4) is 0 Å². The first kappa shape index (κ1) is 14.8. The lowest BCUT2D eigenvalue weighted by Gasteiger charge is -2.08. The van der Waals surface area contributed by atoms with Crippen molar-refractivity contribution in [2.75, 3.05) is 0 Å². The highest BCUT2D eigenvalue weighted by atomic mass is 19.1. The lowest BCUT2D eigenvalue weighted by molar-refractivity contribution is 0.628. The van der Waals surface area contributed by atoms with Gasteiger partial charge in [-0.1, -0.05) is 36.4 Å². The van der Waals surface area contributed by atoms with E-state index in [0.717, 1.165) is 33.4 Å². The first-order valence-electron chi connectivity index (χ1n) is 8.52. The molecular weight excluding hydrogens is 323 g/mol. The Morgan fingerprint density at radius 1 is 0.692 bits per heavy atom. The molecule has 2 heterocycles. The van der Waals surface area contributed by atoms with Crippen molar-refractivity contribution in [2.24, 2.45) is 0 Å². The second-order valence-electron chi connectivity index (χ2n) is 6.28. The first-order valence-corrected chi connectivity index (χ1v) is 8.52. The number of fused-ring (bicyclic) bond motifs is 3. The minimum atomic E-state index is -0.242. The number of halogens is 1. The summed E-state index contributed by atoms with van der Waals surface area (Å²) in [6.45, 7) is 0. The summed E-state index contributed by atoms with van der Waals surface area (Å²) in [4.78, 5) is 4.63.